The molecule has 0 bridgehead atoms. The quantitative estimate of drug-likeness (QED) is 0.936. The molecule has 0 aliphatic carbocycles. The third kappa shape index (κ3) is 3.68. The first-order valence-corrected chi connectivity index (χ1v) is 7.60. The highest BCUT2D eigenvalue weighted by Gasteiger charge is 2.07. The summed E-state index contributed by atoms with van der Waals surface area (Å²) in [7, 11) is -3.50. The Morgan fingerprint density at radius 2 is 2.00 bits per heavy atom. The molecule has 0 aliphatic heterocycles. The Morgan fingerprint density at radius 1 is 1.28 bits per heavy atom. The molecule has 0 atom stereocenters. The first-order valence-electron chi connectivity index (χ1n) is 5.23. The molecule has 0 saturated carbocycles. The molecule has 0 saturated heterocycles. The van der Waals surface area contributed by atoms with E-state index in [1.54, 1.807) is 12.3 Å². The maximum Gasteiger partial charge on any atom is 0.256 e. The molecule has 0 radical (unpaired) electrons. The zero-order chi connectivity index (χ0) is 13.0. The molecule has 18 heavy (non-hydrogen) atoms. The minimum absolute atomic E-state index is 0.380. The summed E-state index contributed by atoms with van der Waals surface area (Å²) in [6, 6.07) is 9.25. The molecule has 1 N–H and O–H groups in total. The van der Waals surface area contributed by atoms with Crippen molar-refractivity contribution >= 4 is 32.6 Å². The third-order valence-corrected chi connectivity index (χ3v) is 4.02. The normalized spacial score (nSPS) is 11.8. The molecule has 4 nitrogen and oxygen atoms in total. The summed E-state index contributed by atoms with van der Waals surface area (Å²) in [5.74, 6) is 0. The Hall–Kier alpha value is -1.66. The number of anilines is 1. The molecule has 1 heterocycles. The summed E-state index contributed by atoms with van der Waals surface area (Å²) >= 11 is 1.30. The number of nitrogens with zero attached hydrogens (tertiary/aromatic N) is 1. The first kappa shape index (κ1) is 12.8. The van der Waals surface area contributed by atoms with E-state index in [1.165, 1.54) is 11.3 Å². The number of nitrogens with one attached hydrogen (secondary N) is 1. The first-order chi connectivity index (χ1) is 8.55. The Morgan fingerprint density at radius 3 is 2.61 bits per heavy atom. The van der Waals surface area contributed by atoms with Crippen LogP contribution in [0.2, 0.25) is 0 Å². The second-order valence-electron chi connectivity index (χ2n) is 3.64. The van der Waals surface area contributed by atoms with Gasteiger partial charge in [-0.3, -0.25) is 4.72 Å². The van der Waals surface area contributed by atoms with Gasteiger partial charge in [0.1, 0.15) is 0 Å². The number of rotatable bonds is 4. The van der Waals surface area contributed by atoms with Gasteiger partial charge in [0.15, 0.2) is 5.13 Å². The largest absolute Gasteiger partial charge is 0.256 e. The van der Waals surface area contributed by atoms with Crippen molar-refractivity contribution in [1.29, 1.82) is 0 Å². The van der Waals surface area contributed by atoms with Gasteiger partial charge >= 0.3 is 0 Å². The van der Waals surface area contributed by atoms with Crippen LogP contribution < -0.4 is 4.72 Å². The molecule has 0 unspecified atom stereocenters. The lowest BCUT2D eigenvalue weighted by molar-refractivity contribution is 0.609. The minimum atomic E-state index is -3.50. The number of hydrogen-bond acceptors (Lipinski definition) is 4. The van der Waals surface area contributed by atoms with Gasteiger partial charge in [-0.1, -0.05) is 30.3 Å². The van der Waals surface area contributed by atoms with Gasteiger partial charge in [0.05, 0.1) is 5.41 Å². The smallest absolute Gasteiger partial charge is 0.255 e. The molecule has 1 aromatic heterocycles. The summed E-state index contributed by atoms with van der Waals surface area (Å²) in [4.78, 5) is 4.91. The zero-order valence-electron chi connectivity index (χ0n) is 9.70. The number of hydrogen-bond donors (Lipinski definition) is 1. The van der Waals surface area contributed by atoms with Crippen LogP contribution in [0.3, 0.4) is 0 Å². The molecule has 94 valence electrons. The number of aromatic nitrogens is 1. The van der Waals surface area contributed by atoms with Crippen LogP contribution in [0.5, 0.6) is 0 Å². The second kappa shape index (κ2) is 5.32. The summed E-state index contributed by atoms with van der Waals surface area (Å²) < 4.78 is 25.9. The van der Waals surface area contributed by atoms with Crippen LogP contribution in [0.15, 0.2) is 41.9 Å². The van der Waals surface area contributed by atoms with E-state index in [2.05, 4.69) is 9.71 Å². The maximum atomic E-state index is 11.8. The van der Waals surface area contributed by atoms with Gasteiger partial charge in [-0.05, 0) is 18.6 Å². The molecule has 2 aromatic rings. The van der Waals surface area contributed by atoms with Crippen molar-refractivity contribution in [3.05, 3.63) is 52.4 Å². The predicted molar refractivity (Wildman–Crippen MR) is 74.9 cm³/mol. The van der Waals surface area contributed by atoms with E-state index in [1.807, 2.05) is 37.3 Å². The van der Waals surface area contributed by atoms with Crippen LogP contribution in [0.25, 0.3) is 6.08 Å². The van der Waals surface area contributed by atoms with Crippen LogP contribution >= 0.6 is 11.3 Å². The molecular weight excluding hydrogens is 268 g/mol. The Balaban J connectivity index is 2.10. The third-order valence-electron chi connectivity index (χ3n) is 2.09. The minimum Gasteiger partial charge on any atom is -0.255 e. The lowest BCUT2D eigenvalue weighted by Gasteiger charge is -1.99. The Bertz CT molecular complexity index is 646. The topological polar surface area (TPSA) is 59.1 Å². The highest BCUT2D eigenvalue weighted by atomic mass is 32.2. The van der Waals surface area contributed by atoms with Gasteiger partial charge in [0.2, 0.25) is 0 Å². The number of aryl methyl sites for hydroxylation is 1. The molecular formula is C12H12N2O2S2. The average Bonchev–Trinajstić information content (AvgIpc) is 2.73. The van der Waals surface area contributed by atoms with Gasteiger partial charge in [-0.2, -0.15) is 0 Å². The predicted octanol–water partition coefficient (Wildman–Crippen LogP) is 2.86. The van der Waals surface area contributed by atoms with Crippen molar-refractivity contribution in [2.24, 2.45) is 0 Å². The summed E-state index contributed by atoms with van der Waals surface area (Å²) in [5, 5.41) is 1.52. The van der Waals surface area contributed by atoms with Crippen molar-refractivity contribution in [1.82, 2.24) is 4.98 Å². The van der Waals surface area contributed by atoms with Crippen LogP contribution in [0.4, 0.5) is 5.13 Å². The zero-order valence-corrected chi connectivity index (χ0v) is 11.3. The monoisotopic (exact) mass is 280 g/mol. The standard InChI is InChI=1S/C12H12N2O2S2/c1-10-9-13-12(17-10)14-18(15,16)8-7-11-5-3-2-4-6-11/h2-9H,1H3,(H,13,14). The highest BCUT2D eigenvalue weighted by molar-refractivity contribution is 7.95. The van der Waals surface area contributed by atoms with E-state index in [0.29, 0.717) is 5.13 Å². The van der Waals surface area contributed by atoms with Gasteiger partial charge in [-0.25, -0.2) is 13.4 Å². The second-order valence-corrected chi connectivity index (χ2v) is 6.44. The van der Waals surface area contributed by atoms with Crippen LogP contribution in [-0.4, -0.2) is 13.4 Å². The van der Waals surface area contributed by atoms with Crippen molar-refractivity contribution in [3.63, 3.8) is 0 Å². The molecule has 2 rings (SSSR count). The van der Waals surface area contributed by atoms with Crippen LogP contribution in [0, 0.1) is 6.92 Å². The fraction of sp³-hybridized carbons (Fsp3) is 0.0833. The molecule has 0 spiro atoms. The van der Waals surface area contributed by atoms with E-state index in [9.17, 15) is 8.42 Å². The fourth-order valence-corrected chi connectivity index (χ4v) is 3.02. The molecule has 0 amide bonds. The maximum absolute atomic E-state index is 11.8. The Kier molecular flexibility index (Phi) is 3.78. The van der Waals surface area contributed by atoms with Gasteiger partial charge in [0, 0.05) is 11.1 Å². The van der Waals surface area contributed by atoms with Crippen LogP contribution in [0.1, 0.15) is 10.4 Å². The Labute approximate surface area is 110 Å². The summed E-state index contributed by atoms with van der Waals surface area (Å²) in [6.45, 7) is 1.87. The van der Waals surface area contributed by atoms with E-state index in [0.717, 1.165) is 15.8 Å². The average molecular weight is 280 g/mol. The molecule has 6 heteroatoms. The van der Waals surface area contributed by atoms with Crippen molar-refractivity contribution in [2.45, 2.75) is 6.92 Å². The molecule has 0 fully saturated rings. The number of sulfonamides is 1. The summed E-state index contributed by atoms with van der Waals surface area (Å²) in [6.07, 6.45) is 3.17. The lowest BCUT2D eigenvalue weighted by Crippen LogP contribution is -2.08. The van der Waals surface area contributed by atoms with Gasteiger partial charge in [0.25, 0.3) is 10.0 Å². The van der Waals surface area contributed by atoms with Gasteiger partial charge < -0.3 is 0 Å². The number of thiazole rings is 1. The molecule has 0 aliphatic rings. The van der Waals surface area contributed by atoms with Crippen LogP contribution in [-0.2, 0) is 10.0 Å². The summed E-state index contributed by atoms with van der Waals surface area (Å²) in [5.41, 5.74) is 0.832. The van der Waals surface area contributed by atoms with Gasteiger partial charge in [-0.15, -0.1) is 11.3 Å². The van der Waals surface area contributed by atoms with Crippen molar-refractivity contribution < 1.29 is 8.42 Å². The van der Waals surface area contributed by atoms with E-state index >= 15 is 0 Å². The molecule has 1 aromatic carbocycles. The van der Waals surface area contributed by atoms with E-state index < -0.39 is 10.0 Å². The fourth-order valence-electron chi connectivity index (χ4n) is 1.29. The van der Waals surface area contributed by atoms with E-state index in [-0.39, 0.29) is 0 Å². The van der Waals surface area contributed by atoms with E-state index in [4.69, 9.17) is 0 Å². The highest BCUT2D eigenvalue weighted by Crippen LogP contribution is 2.18. The van der Waals surface area contributed by atoms with Crippen molar-refractivity contribution in [3.8, 4) is 0 Å². The number of benzene rings is 1. The SMILES string of the molecule is Cc1cnc(NS(=O)(=O)C=Cc2ccccc2)s1. The lowest BCUT2D eigenvalue weighted by atomic mass is 10.2. The van der Waals surface area contributed by atoms with Crippen molar-refractivity contribution in [2.75, 3.05) is 4.72 Å².